The molecule has 0 radical (unpaired) electrons. The van der Waals surface area contributed by atoms with Gasteiger partial charge >= 0.3 is 17.9 Å². The Balaban J connectivity index is 1.60. The summed E-state index contributed by atoms with van der Waals surface area (Å²) in [7, 11) is 1.27. The van der Waals surface area contributed by atoms with E-state index in [-0.39, 0.29) is 17.7 Å². The summed E-state index contributed by atoms with van der Waals surface area (Å²) in [6, 6.07) is 20.0. The number of hydrogen-bond acceptors (Lipinski definition) is 8. The summed E-state index contributed by atoms with van der Waals surface area (Å²) < 4.78 is 37.0. The predicted octanol–water partition coefficient (Wildman–Crippen LogP) is 4.59. The van der Waals surface area contributed by atoms with Crippen LogP contribution in [0.25, 0.3) is 0 Å². The number of carbonyl (C=O) groups is 3. The Bertz CT molecular complexity index is 1320. The van der Waals surface area contributed by atoms with Gasteiger partial charge < -0.3 is 23.7 Å². The molecule has 0 spiro atoms. The van der Waals surface area contributed by atoms with Crippen LogP contribution in [-0.2, 0) is 23.7 Å². The molecule has 1 fully saturated rings. The Morgan fingerprint density at radius 3 is 1.58 bits per heavy atom. The van der Waals surface area contributed by atoms with Crippen molar-refractivity contribution in [2.45, 2.75) is 45.3 Å². The molecule has 0 aliphatic carbocycles. The number of esters is 3. The van der Waals surface area contributed by atoms with E-state index >= 15 is 0 Å². The predicted molar refractivity (Wildman–Crippen MR) is 138 cm³/mol. The first-order chi connectivity index (χ1) is 18.6. The van der Waals surface area contributed by atoms with E-state index in [1.807, 2.05) is 20.8 Å². The molecule has 8 heteroatoms. The summed E-state index contributed by atoms with van der Waals surface area (Å²) >= 11 is 0. The minimum absolute atomic E-state index is 0.194. The standard InChI is InChI=1S/C30H30O8/c1-18-5-11-21(12-6-18)27(31)35-17-24-25(37-28(32)22-13-7-19(2)8-14-22)26(30(34-4)36-24)38-29(33)23-15-9-20(3)10-16-23/h5-16,24-26,30H,17H2,1-4H3/t24-,25-,26-,30-/m1/s1/i26D. The van der Waals surface area contributed by atoms with Crippen molar-refractivity contribution in [2.75, 3.05) is 13.7 Å². The van der Waals surface area contributed by atoms with Crippen LogP contribution < -0.4 is 0 Å². The van der Waals surface area contributed by atoms with Gasteiger partial charge in [0.25, 0.3) is 0 Å². The molecule has 198 valence electrons. The van der Waals surface area contributed by atoms with Crippen LogP contribution in [0, 0.1) is 20.8 Å². The van der Waals surface area contributed by atoms with Gasteiger partial charge in [-0.1, -0.05) is 53.1 Å². The Hall–Kier alpha value is -4.01. The second kappa shape index (κ2) is 12.0. The Labute approximate surface area is 222 Å². The van der Waals surface area contributed by atoms with Gasteiger partial charge in [-0.05, 0) is 57.2 Å². The molecular formula is C30H30O8. The number of carbonyl (C=O) groups excluding carboxylic acids is 3. The summed E-state index contributed by atoms with van der Waals surface area (Å²) in [5.41, 5.74) is 3.59. The zero-order valence-corrected chi connectivity index (χ0v) is 21.6. The highest BCUT2D eigenvalue weighted by Gasteiger charge is 2.50. The fourth-order valence-electron chi connectivity index (χ4n) is 3.81. The van der Waals surface area contributed by atoms with Crippen LogP contribution in [0.5, 0.6) is 0 Å². The average Bonchev–Trinajstić information content (AvgIpc) is 3.18. The number of rotatable bonds is 8. The lowest BCUT2D eigenvalue weighted by Gasteiger charge is -2.24. The highest BCUT2D eigenvalue weighted by atomic mass is 16.7. The fourth-order valence-corrected chi connectivity index (χ4v) is 3.81. The monoisotopic (exact) mass is 519 g/mol. The molecule has 4 atom stereocenters. The molecular weight excluding hydrogens is 488 g/mol. The third-order valence-electron chi connectivity index (χ3n) is 6.05. The maximum absolute atomic E-state index is 13.1. The van der Waals surface area contributed by atoms with Crippen LogP contribution in [0.3, 0.4) is 0 Å². The highest BCUT2D eigenvalue weighted by molar-refractivity contribution is 5.91. The zero-order valence-electron chi connectivity index (χ0n) is 22.6. The molecule has 0 aromatic heterocycles. The summed E-state index contributed by atoms with van der Waals surface area (Å²) in [4.78, 5) is 38.7. The maximum Gasteiger partial charge on any atom is 0.338 e. The van der Waals surface area contributed by atoms with Crippen molar-refractivity contribution in [1.29, 1.82) is 0 Å². The maximum atomic E-state index is 13.1. The van der Waals surface area contributed by atoms with Crippen LogP contribution >= 0.6 is 0 Å². The molecule has 4 rings (SSSR count). The van der Waals surface area contributed by atoms with Crippen LogP contribution in [0.1, 0.15) is 49.1 Å². The van der Waals surface area contributed by atoms with Crippen LogP contribution in [0.4, 0.5) is 0 Å². The highest BCUT2D eigenvalue weighted by Crippen LogP contribution is 2.29. The Morgan fingerprint density at radius 2 is 1.13 bits per heavy atom. The second-order valence-electron chi connectivity index (χ2n) is 9.06. The fraction of sp³-hybridized carbons (Fsp3) is 0.300. The Kier molecular flexibility index (Phi) is 8.11. The molecule has 1 aliphatic rings. The molecule has 3 aromatic carbocycles. The topological polar surface area (TPSA) is 97.4 Å². The number of aryl methyl sites for hydroxylation is 3. The molecule has 1 saturated heterocycles. The van der Waals surface area contributed by atoms with Gasteiger partial charge in [-0.25, -0.2) is 14.4 Å². The lowest BCUT2D eigenvalue weighted by molar-refractivity contribution is -0.155. The van der Waals surface area contributed by atoms with Gasteiger partial charge in [-0.15, -0.1) is 0 Å². The lowest BCUT2D eigenvalue weighted by Crippen LogP contribution is -2.42. The van der Waals surface area contributed by atoms with Crippen molar-refractivity contribution in [2.24, 2.45) is 0 Å². The summed E-state index contributed by atoms with van der Waals surface area (Å²) in [5.74, 6) is -2.22. The molecule has 0 amide bonds. The van der Waals surface area contributed by atoms with Gasteiger partial charge in [0.2, 0.25) is 0 Å². The average molecular weight is 520 g/mol. The first kappa shape index (κ1) is 25.6. The molecule has 8 nitrogen and oxygen atoms in total. The quantitative estimate of drug-likeness (QED) is 0.315. The number of ether oxygens (including phenoxy) is 5. The lowest BCUT2D eigenvalue weighted by atomic mass is 10.1. The van der Waals surface area contributed by atoms with Gasteiger partial charge in [0, 0.05) is 7.11 Å². The molecule has 38 heavy (non-hydrogen) atoms. The van der Waals surface area contributed by atoms with Crippen molar-refractivity contribution < 1.29 is 39.4 Å². The van der Waals surface area contributed by atoms with E-state index in [4.69, 9.17) is 25.1 Å². The Morgan fingerprint density at radius 1 is 0.711 bits per heavy atom. The smallest absolute Gasteiger partial charge is 0.338 e. The van der Waals surface area contributed by atoms with E-state index in [1.54, 1.807) is 72.8 Å². The molecule has 0 unspecified atom stereocenters. The third kappa shape index (κ3) is 6.45. The first-order valence-electron chi connectivity index (χ1n) is 12.6. The van der Waals surface area contributed by atoms with Crippen LogP contribution in [0.15, 0.2) is 72.8 Å². The van der Waals surface area contributed by atoms with E-state index in [2.05, 4.69) is 0 Å². The zero-order chi connectivity index (χ0) is 28.2. The van der Waals surface area contributed by atoms with Crippen LogP contribution in [0.2, 0.25) is 0 Å². The third-order valence-corrected chi connectivity index (χ3v) is 6.05. The SMILES string of the molecule is [2H][C@]1(OC(=O)c2ccc(C)cc2)[C@H](OC)O[C@H](COC(=O)c2ccc(C)cc2)[C@H]1OC(=O)c1ccc(C)cc1. The molecule has 1 heterocycles. The summed E-state index contributed by atoms with van der Waals surface area (Å²) in [6.07, 6.45) is -6.40. The van der Waals surface area contributed by atoms with E-state index in [0.717, 1.165) is 16.7 Å². The van der Waals surface area contributed by atoms with Gasteiger partial charge in [0.15, 0.2) is 18.5 Å². The van der Waals surface area contributed by atoms with Gasteiger partial charge in [-0.3, -0.25) is 0 Å². The van der Waals surface area contributed by atoms with Crippen molar-refractivity contribution >= 4 is 17.9 Å². The minimum Gasteiger partial charge on any atom is -0.459 e. The number of hydrogen-bond donors (Lipinski definition) is 0. The van der Waals surface area contributed by atoms with E-state index in [0.29, 0.717) is 5.56 Å². The first-order valence-corrected chi connectivity index (χ1v) is 12.1. The molecule has 3 aromatic rings. The number of benzene rings is 3. The van der Waals surface area contributed by atoms with Gasteiger partial charge in [0.1, 0.15) is 12.7 Å². The largest absolute Gasteiger partial charge is 0.459 e. The molecule has 0 bridgehead atoms. The van der Waals surface area contributed by atoms with Gasteiger partial charge in [0.05, 0.1) is 18.1 Å². The van der Waals surface area contributed by atoms with Crippen molar-refractivity contribution in [1.82, 2.24) is 0 Å². The van der Waals surface area contributed by atoms with Gasteiger partial charge in [-0.2, -0.15) is 0 Å². The number of methoxy groups -OCH3 is 1. The molecule has 1 aliphatic heterocycles. The summed E-state index contributed by atoms with van der Waals surface area (Å²) in [6.45, 7) is 5.25. The van der Waals surface area contributed by atoms with Crippen molar-refractivity contribution in [3.63, 3.8) is 0 Å². The van der Waals surface area contributed by atoms with Crippen LogP contribution in [-0.4, -0.2) is 56.2 Å². The minimum atomic E-state index is -2.31. The van der Waals surface area contributed by atoms with Crippen molar-refractivity contribution in [3.8, 4) is 0 Å². The molecule has 0 saturated carbocycles. The molecule has 0 N–H and O–H groups in total. The van der Waals surface area contributed by atoms with E-state index < -0.39 is 42.5 Å². The summed E-state index contributed by atoms with van der Waals surface area (Å²) in [5, 5.41) is 0. The van der Waals surface area contributed by atoms with Crippen molar-refractivity contribution in [3.05, 3.63) is 106 Å². The normalized spacial score (nSPS) is 22.8. The van der Waals surface area contributed by atoms with E-state index in [1.165, 1.54) is 7.11 Å². The van der Waals surface area contributed by atoms with E-state index in [9.17, 15) is 14.4 Å². The second-order valence-corrected chi connectivity index (χ2v) is 9.06.